The van der Waals surface area contributed by atoms with Crippen LogP contribution >= 0.6 is 0 Å². The average Bonchev–Trinajstić information content (AvgIpc) is 2.77. The van der Waals surface area contributed by atoms with Gasteiger partial charge in [-0.3, -0.25) is 29.7 Å². The Morgan fingerprint density at radius 2 is 1.74 bits per heavy atom. The average molecular weight is 429 g/mol. The van der Waals surface area contributed by atoms with Crippen molar-refractivity contribution in [3.8, 4) is 0 Å². The number of hydroxylamine groups is 1. The highest BCUT2D eigenvalue weighted by atomic mass is 16.6. The molecule has 0 aliphatic heterocycles. The zero-order chi connectivity index (χ0) is 22.8. The minimum atomic E-state index is -0.738. The van der Waals surface area contributed by atoms with Crippen LogP contribution in [0.25, 0.3) is 0 Å². The summed E-state index contributed by atoms with van der Waals surface area (Å²) in [6.45, 7) is 1.04. The summed E-state index contributed by atoms with van der Waals surface area (Å²) >= 11 is 0. The minimum Gasteiger partial charge on any atom is -0.464 e. The van der Waals surface area contributed by atoms with Gasteiger partial charge in [-0.05, 0) is 30.5 Å². The molecule has 0 saturated carbocycles. The van der Waals surface area contributed by atoms with E-state index < -0.39 is 34.7 Å². The molecule has 2 amide bonds. The van der Waals surface area contributed by atoms with Crippen LogP contribution in [-0.2, 0) is 20.7 Å². The number of hydrogen-bond acceptors (Lipinski definition) is 7. The number of amides is 2. The molecule has 10 nitrogen and oxygen atoms in total. The van der Waals surface area contributed by atoms with Crippen molar-refractivity contribution in [2.24, 2.45) is 5.92 Å². The molecule has 0 aliphatic rings. The van der Waals surface area contributed by atoms with Crippen LogP contribution in [0.4, 0.5) is 5.69 Å². The number of non-ortho nitro benzene ring substituents is 1. The van der Waals surface area contributed by atoms with Crippen LogP contribution in [0.5, 0.6) is 0 Å². The molecule has 2 rings (SSSR count). The molecule has 2 unspecified atom stereocenters. The second-order valence-electron chi connectivity index (χ2n) is 6.88. The summed E-state index contributed by atoms with van der Waals surface area (Å²) < 4.78 is 5.02. The van der Waals surface area contributed by atoms with Crippen molar-refractivity contribution >= 4 is 23.5 Å². The molecule has 10 heteroatoms. The molecule has 2 aromatic rings. The van der Waals surface area contributed by atoms with Gasteiger partial charge in [0.1, 0.15) is 6.61 Å². The van der Waals surface area contributed by atoms with Crippen molar-refractivity contribution in [1.82, 2.24) is 10.8 Å². The lowest BCUT2D eigenvalue weighted by molar-refractivity contribution is -0.384. The number of carbonyl (C=O) groups is 3. The Bertz CT molecular complexity index is 916. The van der Waals surface area contributed by atoms with Crippen molar-refractivity contribution in [1.29, 1.82) is 0 Å². The third-order valence-corrected chi connectivity index (χ3v) is 4.54. The maximum absolute atomic E-state index is 12.6. The van der Waals surface area contributed by atoms with Gasteiger partial charge in [0, 0.05) is 30.5 Å². The smallest absolute Gasteiger partial charge is 0.302 e. The van der Waals surface area contributed by atoms with E-state index >= 15 is 0 Å². The Balaban J connectivity index is 2.16. The number of ether oxygens (including phenoxy) is 1. The van der Waals surface area contributed by atoms with Crippen LogP contribution in [0.15, 0.2) is 54.6 Å². The topological polar surface area (TPSA) is 148 Å². The van der Waals surface area contributed by atoms with Gasteiger partial charge in [-0.25, -0.2) is 5.48 Å². The van der Waals surface area contributed by atoms with Crippen molar-refractivity contribution < 1.29 is 29.3 Å². The standard InChI is InChI=1S/C21H23N3O7/c1-14(25)31-13-18(22-20(26)16-7-9-19(10-8-16)24(29)30)12-17(21(27)23-28)11-15-5-3-2-4-6-15/h2-10,17-18,28H,11-13H2,1H3,(H,22,26)(H,23,27). The molecule has 2 aromatic carbocycles. The summed E-state index contributed by atoms with van der Waals surface area (Å²) in [6, 6.07) is 13.4. The first-order valence-electron chi connectivity index (χ1n) is 9.46. The van der Waals surface area contributed by atoms with Gasteiger partial charge < -0.3 is 10.1 Å². The van der Waals surface area contributed by atoms with Crippen molar-refractivity contribution in [3.63, 3.8) is 0 Å². The molecule has 0 spiro atoms. The number of nitrogens with one attached hydrogen (secondary N) is 2. The molecular formula is C21H23N3O7. The van der Waals surface area contributed by atoms with Crippen LogP contribution in [0, 0.1) is 16.0 Å². The molecule has 31 heavy (non-hydrogen) atoms. The van der Waals surface area contributed by atoms with Crippen LogP contribution < -0.4 is 10.8 Å². The fourth-order valence-corrected chi connectivity index (χ4v) is 3.01. The van der Waals surface area contributed by atoms with Gasteiger partial charge in [-0.15, -0.1) is 0 Å². The van der Waals surface area contributed by atoms with Crippen LogP contribution in [0.1, 0.15) is 29.3 Å². The summed E-state index contributed by atoms with van der Waals surface area (Å²) in [6.07, 6.45) is 0.366. The van der Waals surface area contributed by atoms with Gasteiger partial charge in [-0.2, -0.15) is 0 Å². The number of esters is 1. The van der Waals surface area contributed by atoms with Gasteiger partial charge in [0.25, 0.3) is 11.6 Å². The van der Waals surface area contributed by atoms with Crippen molar-refractivity contribution in [2.75, 3.05) is 6.61 Å². The maximum atomic E-state index is 12.6. The van der Waals surface area contributed by atoms with E-state index in [0.29, 0.717) is 0 Å². The Morgan fingerprint density at radius 3 is 2.29 bits per heavy atom. The summed E-state index contributed by atoms with van der Waals surface area (Å²) in [5, 5.41) is 22.6. The molecule has 0 radical (unpaired) electrons. The molecular weight excluding hydrogens is 406 g/mol. The quantitative estimate of drug-likeness (QED) is 0.226. The van der Waals surface area contributed by atoms with Crippen LogP contribution in [0.3, 0.4) is 0 Å². The predicted molar refractivity (Wildman–Crippen MR) is 109 cm³/mol. The van der Waals surface area contributed by atoms with Crippen LogP contribution in [0.2, 0.25) is 0 Å². The SMILES string of the molecule is CC(=O)OCC(CC(Cc1ccccc1)C(=O)NO)NC(=O)c1ccc([N+](=O)[O-])cc1. The summed E-state index contributed by atoms with van der Waals surface area (Å²) in [7, 11) is 0. The Kier molecular flexibility index (Phi) is 8.64. The molecule has 0 fully saturated rings. The normalized spacial score (nSPS) is 12.3. The lowest BCUT2D eigenvalue weighted by Gasteiger charge is -2.23. The summed E-state index contributed by atoms with van der Waals surface area (Å²) in [5.74, 6) is -2.46. The van der Waals surface area contributed by atoms with E-state index in [9.17, 15) is 24.5 Å². The van der Waals surface area contributed by atoms with Crippen LogP contribution in [-0.4, -0.2) is 40.6 Å². The number of rotatable bonds is 10. The van der Waals surface area contributed by atoms with Gasteiger partial charge >= 0.3 is 5.97 Å². The number of nitro benzene ring substituents is 1. The van der Waals surface area contributed by atoms with E-state index in [0.717, 1.165) is 5.56 Å². The van der Waals surface area contributed by atoms with Crippen molar-refractivity contribution in [3.05, 3.63) is 75.8 Å². The number of benzene rings is 2. The van der Waals surface area contributed by atoms with Gasteiger partial charge in [-0.1, -0.05) is 30.3 Å². The number of nitrogens with zero attached hydrogens (tertiary/aromatic N) is 1. The zero-order valence-corrected chi connectivity index (χ0v) is 16.8. The van der Waals surface area contributed by atoms with Gasteiger partial charge in [0.2, 0.25) is 5.91 Å². The summed E-state index contributed by atoms with van der Waals surface area (Å²) in [4.78, 5) is 46.2. The van der Waals surface area contributed by atoms with E-state index in [-0.39, 0.29) is 30.7 Å². The van der Waals surface area contributed by atoms with E-state index in [4.69, 9.17) is 9.94 Å². The predicted octanol–water partition coefficient (Wildman–Crippen LogP) is 2.01. The second-order valence-corrected chi connectivity index (χ2v) is 6.88. The Hall–Kier alpha value is -3.79. The van der Waals surface area contributed by atoms with Gasteiger partial charge in [0.05, 0.1) is 11.0 Å². The number of hydrogen-bond donors (Lipinski definition) is 3. The third kappa shape index (κ3) is 7.52. The van der Waals surface area contributed by atoms with E-state index in [1.165, 1.54) is 31.2 Å². The van der Waals surface area contributed by atoms with E-state index in [2.05, 4.69) is 5.32 Å². The van der Waals surface area contributed by atoms with E-state index in [1.54, 1.807) is 5.48 Å². The zero-order valence-electron chi connectivity index (χ0n) is 16.8. The van der Waals surface area contributed by atoms with E-state index in [1.807, 2.05) is 30.3 Å². The Morgan fingerprint density at radius 1 is 1.10 bits per heavy atom. The molecule has 164 valence electrons. The molecule has 0 heterocycles. The molecule has 3 N–H and O–H groups in total. The first kappa shape index (κ1) is 23.5. The molecule has 2 atom stereocenters. The molecule has 0 aromatic heterocycles. The lowest BCUT2D eigenvalue weighted by Crippen LogP contribution is -2.43. The summed E-state index contributed by atoms with van der Waals surface area (Å²) in [5.41, 5.74) is 2.50. The molecule has 0 saturated heterocycles. The largest absolute Gasteiger partial charge is 0.464 e. The number of carbonyl (C=O) groups excluding carboxylic acids is 3. The lowest BCUT2D eigenvalue weighted by atomic mass is 9.92. The van der Waals surface area contributed by atoms with Crippen molar-refractivity contribution in [2.45, 2.75) is 25.8 Å². The second kappa shape index (κ2) is 11.4. The Labute approximate surface area is 178 Å². The highest BCUT2D eigenvalue weighted by Gasteiger charge is 2.26. The fraction of sp³-hybridized carbons (Fsp3) is 0.286. The molecule has 0 aliphatic carbocycles. The third-order valence-electron chi connectivity index (χ3n) is 4.54. The highest BCUT2D eigenvalue weighted by Crippen LogP contribution is 2.17. The number of nitro groups is 1. The van der Waals surface area contributed by atoms with Gasteiger partial charge in [0.15, 0.2) is 0 Å². The minimum absolute atomic E-state index is 0.0767. The monoisotopic (exact) mass is 429 g/mol. The maximum Gasteiger partial charge on any atom is 0.302 e. The first-order valence-corrected chi connectivity index (χ1v) is 9.46. The fourth-order valence-electron chi connectivity index (χ4n) is 3.01. The first-order chi connectivity index (χ1) is 14.8. The highest BCUT2D eigenvalue weighted by molar-refractivity contribution is 5.94. The molecule has 0 bridgehead atoms.